The largest absolute Gasteiger partial charge is 0.465 e. The summed E-state index contributed by atoms with van der Waals surface area (Å²) in [6.07, 6.45) is 4.61. The molecule has 4 nitrogen and oxygen atoms in total. The maximum atomic E-state index is 13.5. The van der Waals surface area contributed by atoms with Crippen LogP contribution in [0.5, 0.6) is 0 Å². The van der Waals surface area contributed by atoms with E-state index < -0.39 is 11.9 Å². The van der Waals surface area contributed by atoms with Gasteiger partial charge in [0.1, 0.15) is 23.3 Å². The third-order valence-corrected chi connectivity index (χ3v) is 6.05. The predicted octanol–water partition coefficient (Wildman–Crippen LogP) is 5.27. The number of carbonyl (C=O) groups excluding carboxylic acids is 2. The molecule has 0 saturated carbocycles. The Morgan fingerprint density at radius 2 is 1.64 bits per heavy atom. The van der Waals surface area contributed by atoms with Crippen LogP contribution < -0.4 is 0 Å². The van der Waals surface area contributed by atoms with Crippen LogP contribution in [0.1, 0.15) is 44.2 Å². The van der Waals surface area contributed by atoms with E-state index in [-0.39, 0.29) is 29.9 Å². The molecular formula is C27H31F2NO3. The third kappa shape index (κ3) is 7.06. The smallest absolute Gasteiger partial charge is 0.316 e. The zero-order chi connectivity index (χ0) is 23.8. The Balaban J connectivity index is 1.76. The summed E-state index contributed by atoms with van der Waals surface area (Å²) in [5.74, 6) is -1.72. The molecule has 0 radical (unpaired) electrons. The molecule has 176 valence electrons. The normalized spacial score (nSPS) is 17.3. The van der Waals surface area contributed by atoms with E-state index in [0.717, 1.165) is 42.6 Å². The number of halogens is 2. The van der Waals surface area contributed by atoms with Crippen molar-refractivity contribution in [1.82, 2.24) is 4.90 Å². The van der Waals surface area contributed by atoms with Gasteiger partial charge in [-0.25, -0.2) is 8.78 Å². The standard InChI is InChI=1S/C27H31F2NO3/c1-3-33-27(32)25(19(2)31)14-16-30-15-4-5-20(18-30)17-26(21-6-10-23(28)11-7-21)22-8-12-24(29)13-9-22/h6-13,17,20,25H,3-5,14-16,18H2,1-2H3. The van der Waals surface area contributed by atoms with Crippen molar-refractivity contribution in [3.8, 4) is 0 Å². The number of likely N-dealkylation sites (tertiary alicyclic amines) is 1. The van der Waals surface area contributed by atoms with E-state index in [9.17, 15) is 18.4 Å². The highest BCUT2D eigenvalue weighted by molar-refractivity contribution is 5.97. The molecule has 0 spiro atoms. The lowest BCUT2D eigenvalue weighted by Crippen LogP contribution is -2.37. The van der Waals surface area contributed by atoms with Gasteiger partial charge < -0.3 is 9.64 Å². The van der Waals surface area contributed by atoms with E-state index in [1.165, 1.54) is 31.2 Å². The third-order valence-electron chi connectivity index (χ3n) is 6.05. The van der Waals surface area contributed by atoms with Crippen LogP contribution in [0.25, 0.3) is 5.57 Å². The van der Waals surface area contributed by atoms with Gasteiger partial charge in [-0.2, -0.15) is 0 Å². The number of piperidine rings is 1. The Morgan fingerprint density at radius 1 is 1.06 bits per heavy atom. The first-order chi connectivity index (χ1) is 15.9. The van der Waals surface area contributed by atoms with Crippen LogP contribution in [0.3, 0.4) is 0 Å². The van der Waals surface area contributed by atoms with Crippen LogP contribution in [0.4, 0.5) is 8.78 Å². The average Bonchev–Trinajstić information content (AvgIpc) is 2.79. The summed E-state index contributed by atoms with van der Waals surface area (Å²) in [4.78, 5) is 26.3. The molecule has 1 heterocycles. The van der Waals surface area contributed by atoms with Gasteiger partial charge in [0.25, 0.3) is 0 Å². The quantitative estimate of drug-likeness (QED) is 0.382. The molecule has 0 aliphatic carbocycles. The summed E-state index contributed by atoms with van der Waals surface area (Å²) in [5.41, 5.74) is 2.69. The van der Waals surface area contributed by atoms with Gasteiger partial charge in [0.05, 0.1) is 6.61 Å². The highest BCUT2D eigenvalue weighted by Crippen LogP contribution is 2.29. The summed E-state index contributed by atoms with van der Waals surface area (Å²) >= 11 is 0. The zero-order valence-electron chi connectivity index (χ0n) is 19.2. The van der Waals surface area contributed by atoms with Crippen LogP contribution in [0, 0.1) is 23.5 Å². The minimum absolute atomic E-state index is 0.170. The van der Waals surface area contributed by atoms with Crippen molar-refractivity contribution in [2.45, 2.75) is 33.1 Å². The minimum atomic E-state index is -0.727. The van der Waals surface area contributed by atoms with E-state index in [1.54, 1.807) is 31.2 Å². The first kappa shape index (κ1) is 24.8. The number of ether oxygens (including phenoxy) is 1. The molecule has 3 rings (SSSR count). The molecule has 0 bridgehead atoms. The molecule has 0 aromatic heterocycles. The fourth-order valence-corrected chi connectivity index (χ4v) is 4.33. The van der Waals surface area contributed by atoms with Crippen LogP contribution in [-0.4, -0.2) is 42.9 Å². The fourth-order valence-electron chi connectivity index (χ4n) is 4.33. The van der Waals surface area contributed by atoms with Crippen LogP contribution in [0.2, 0.25) is 0 Å². The summed E-state index contributed by atoms with van der Waals surface area (Å²) < 4.78 is 32.0. The molecule has 2 unspecified atom stereocenters. The van der Waals surface area contributed by atoms with Crippen molar-refractivity contribution in [2.75, 3.05) is 26.2 Å². The number of esters is 1. The summed E-state index contributed by atoms with van der Waals surface area (Å²) in [6.45, 7) is 5.75. The van der Waals surface area contributed by atoms with E-state index in [4.69, 9.17) is 4.74 Å². The average molecular weight is 456 g/mol. The van der Waals surface area contributed by atoms with Gasteiger partial charge in [0.2, 0.25) is 0 Å². The van der Waals surface area contributed by atoms with Gasteiger partial charge >= 0.3 is 5.97 Å². The van der Waals surface area contributed by atoms with Gasteiger partial charge in [-0.1, -0.05) is 30.3 Å². The number of benzene rings is 2. The molecule has 33 heavy (non-hydrogen) atoms. The molecule has 2 aromatic carbocycles. The van der Waals surface area contributed by atoms with E-state index in [0.29, 0.717) is 13.0 Å². The number of rotatable bonds is 9. The second kappa shape index (κ2) is 11.8. The maximum absolute atomic E-state index is 13.5. The highest BCUT2D eigenvalue weighted by Gasteiger charge is 2.27. The van der Waals surface area contributed by atoms with Crippen molar-refractivity contribution in [1.29, 1.82) is 0 Å². The van der Waals surface area contributed by atoms with Crippen LogP contribution >= 0.6 is 0 Å². The number of nitrogens with zero attached hydrogens (tertiary/aromatic N) is 1. The Kier molecular flexibility index (Phi) is 8.89. The summed E-state index contributed by atoms with van der Waals surface area (Å²) in [6, 6.07) is 12.7. The molecule has 2 atom stereocenters. The van der Waals surface area contributed by atoms with Gasteiger partial charge in [0, 0.05) is 6.54 Å². The van der Waals surface area contributed by atoms with Crippen LogP contribution in [0.15, 0.2) is 54.6 Å². The number of ketones is 1. The van der Waals surface area contributed by atoms with Crippen LogP contribution in [-0.2, 0) is 14.3 Å². The minimum Gasteiger partial charge on any atom is -0.465 e. The molecule has 1 aliphatic heterocycles. The molecule has 1 aliphatic rings. The lowest BCUT2D eigenvalue weighted by atomic mass is 9.89. The lowest BCUT2D eigenvalue weighted by Gasteiger charge is -2.32. The number of hydrogen-bond acceptors (Lipinski definition) is 4. The second-order valence-electron chi connectivity index (χ2n) is 8.50. The molecular weight excluding hydrogens is 424 g/mol. The zero-order valence-corrected chi connectivity index (χ0v) is 19.2. The van der Waals surface area contributed by atoms with E-state index in [1.807, 2.05) is 0 Å². The number of hydrogen-bond donors (Lipinski definition) is 0. The summed E-state index contributed by atoms with van der Waals surface area (Å²) in [5, 5.41) is 0. The van der Waals surface area contributed by atoms with E-state index >= 15 is 0 Å². The maximum Gasteiger partial charge on any atom is 0.316 e. The van der Waals surface area contributed by atoms with Gasteiger partial charge in [-0.3, -0.25) is 9.59 Å². The number of carbonyl (C=O) groups is 2. The topological polar surface area (TPSA) is 46.6 Å². The molecule has 0 N–H and O–H groups in total. The summed E-state index contributed by atoms with van der Waals surface area (Å²) in [7, 11) is 0. The molecule has 6 heteroatoms. The second-order valence-corrected chi connectivity index (χ2v) is 8.50. The Labute approximate surface area is 194 Å². The Morgan fingerprint density at radius 3 is 2.15 bits per heavy atom. The Hall–Kier alpha value is -2.86. The van der Waals surface area contributed by atoms with Crippen molar-refractivity contribution in [3.63, 3.8) is 0 Å². The molecule has 1 fully saturated rings. The van der Waals surface area contributed by atoms with Gasteiger partial charge in [-0.05, 0) is 93.1 Å². The predicted molar refractivity (Wildman–Crippen MR) is 124 cm³/mol. The molecule has 1 saturated heterocycles. The molecule has 0 amide bonds. The fraction of sp³-hybridized carbons (Fsp3) is 0.407. The monoisotopic (exact) mass is 455 g/mol. The lowest BCUT2D eigenvalue weighted by molar-refractivity contribution is -0.151. The molecule has 2 aromatic rings. The first-order valence-corrected chi connectivity index (χ1v) is 11.5. The Bertz CT molecular complexity index is 922. The van der Waals surface area contributed by atoms with E-state index in [2.05, 4.69) is 11.0 Å². The first-order valence-electron chi connectivity index (χ1n) is 11.5. The van der Waals surface area contributed by atoms with Crippen molar-refractivity contribution in [3.05, 3.63) is 77.4 Å². The number of Topliss-reactive ketones (excluding diaryl/α,β-unsaturated/α-hetero) is 1. The van der Waals surface area contributed by atoms with Crippen molar-refractivity contribution >= 4 is 17.3 Å². The van der Waals surface area contributed by atoms with Crippen molar-refractivity contribution < 1.29 is 23.1 Å². The van der Waals surface area contributed by atoms with Gasteiger partial charge in [-0.15, -0.1) is 0 Å². The van der Waals surface area contributed by atoms with Gasteiger partial charge in [0.15, 0.2) is 0 Å². The SMILES string of the molecule is CCOC(=O)C(CCN1CCCC(C=C(c2ccc(F)cc2)c2ccc(F)cc2)C1)C(C)=O. The highest BCUT2D eigenvalue weighted by atomic mass is 19.1. The van der Waals surface area contributed by atoms with Crippen molar-refractivity contribution in [2.24, 2.45) is 11.8 Å².